The normalized spacial score (nSPS) is 21.4. The van der Waals surface area contributed by atoms with Crippen LogP contribution in [0.15, 0.2) is 24.3 Å². The van der Waals surface area contributed by atoms with Gasteiger partial charge in [-0.1, -0.05) is 43.9 Å². The molecule has 1 N–H and O–H groups in total. The summed E-state index contributed by atoms with van der Waals surface area (Å²) in [6, 6.07) is 8.32. The standard InChI is InChI=1S/C18H25NO2/c1-21-16-11-7-6-10-15(16)18(12-13-18)17(20)19-14-8-4-2-3-5-9-14/h6-7,10-11,14H,2-5,8-9,12-13H2,1H3,(H,19,20). The summed E-state index contributed by atoms with van der Waals surface area (Å²) >= 11 is 0. The smallest absolute Gasteiger partial charge is 0.231 e. The van der Waals surface area contributed by atoms with Gasteiger partial charge in [0.25, 0.3) is 0 Å². The molecular weight excluding hydrogens is 262 g/mol. The van der Waals surface area contributed by atoms with E-state index in [-0.39, 0.29) is 11.3 Å². The Balaban J connectivity index is 1.74. The number of methoxy groups -OCH3 is 1. The molecule has 3 nitrogen and oxygen atoms in total. The highest BCUT2D eigenvalue weighted by molar-refractivity contribution is 5.92. The predicted octanol–water partition coefficient (Wildman–Crippen LogP) is 3.57. The van der Waals surface area contributed by atoms with Crippen molar-refractivity contribution in [3.8, 4) is 5.75 Å². The Hall–Kier alpha value is -1.51. The van der Waals surface area contributed by atoms with Crippen LogP contribution >= 0.6 is 0 Å². The zero-order chi connectivity index (χ0) is 14.7. The molecule has 1 amide bonds. The third kappa shape index (κ3) is 2.92. The number of ether oxygens (including phenoxy) is 1. The average Bonchev–Trinajstić information content (AvgIpc) is 3.33. The Labute approximate surface area is 127 Å². The minimum absolute atomic E-state index is 0.207. The van der Waals surface area contributed by atoms with E-state index in [4.69, 9.17) is 4.74 Å². The second-order valence-corrected chi connectivity index (χ2v) is 6.44. The maximum atomic E-state index is 12.8. The topological polar surface area (TPSA) is 38.3 Å². The second-order valence-electron chi connectivity index (χ2n) is 6.44. The molecule has 0 saturated heterocycles. The SMILES string of the molecule is COc1ccccc1C1(C(=O)NC2CCCCCC2)CC1. The Morgan fingerprint density at radius 3 is 2.43 bits per heavy atom. The highest BCUT2D eigenvalue weighted by Gasteiger charge is 2.53. The summed E-state index contributed by atoms with van der Waals surface area (Å²) in [6.45, 7) is 0. The number of rotatable bonds is 4. The molecule has 3 rings (SSSR count). The first-order valence-corrected chi connectivity index (χ1v) is 8.21. The summed E-state index contributed by atoms with van der Waals surface area (Å²) in [5, 5.41) is 3.32. The average molecular weight is 287 g/mol. The molecule has 21 heavy (non-hydrogen) atoms. The molecule has 2 aliphatic rings. The van der Waals surface area contributed by atoms with E-state index >= 15 is 0 Å². The number of amides is 1. The van der Waals surface area contributed by atoms with E-state index < -0.39 is 0 Å². The van der Waals surface area contributed by atoms with Gasteiger partial charge in [0.15, 0.2) is 0 Å². The van der Waals surface area contributed by atoms with Gasteiger partial charge in [-0.3, -0.25) is 4.79 Å². The van der Waals surface area contributed by atoms with Gasteiger partial charge >= 0.3 is 0 Å². The van der Waals surface area contributed by atoms with Crippen molar-refractivity contribution in [3.05, 3.63) is 29.8 Å². The van der Waals surface area contributed by atoms with Crippen LogP contribution in [-0.4, -0.2) is 19.1 Å². The molecule has 114 valence electrons. The van der Waals surface area contributed by atoms with Crippen LogP contribution in [-0.2, 0) is 10.2 Å². The minimum Gasteiger partial charge on any atom is -0.496 e. The molecule has 0 atom stereocenters. The molecule has 0 spiro atoms. The number of hydrogen-bond donors (Lipinski definition) is 1. The van der Waals surface area contributed by atoms with Gasteiger partial charge in [0.2, 0.25) is 5.91 Å². The largest absolute Gasteiger partial charge is 0.496 e. The van der Waals surface area contributed by atoms with E-state index in [0.717, 1.165) is 37.0 Å². The van der Waals surface area contributed by atoms with Crippen LogP contribution in [0.2, 0.25) is 0 Å². The lowest BCUT2D eigenvalue weighted by Crippen LogP contribution is -2.41. The first kappa shape index (κ1) is 14.4. The quantitative estimate of drug-likeness (QED) is 0.860. The minimum atomic E-state index is -0.334. The van der Waals surface area contributed by atoms with Crippen molar-refractivity contribution in [2.45, 2.75) is 62.8 Å². The number of carbonyl (C=O) groups excluding carboxylic acids is 1. The van der Waals surface area contributed by atoms with Gasteiger partial charge < -0.3 is 10.1 Å². The first-order chi connectivity index (χ1) is 10.3. The third-order valence-corrected chi connectivity index (χ3v) is 5.00. The van der Waals surface area contributed by atoms with Crippen LogP contribution in [0, 0.1) is 0 Å². The second kappa shape index (κ2) is 6.08. The van der Waals surface area contributed by atoms with E-state index in [1.807, 2.05) is 24.3 Å². The van der Waals surface area contributed by atoms with Crippen LogP contribution in [0.25, 0.3) is 0 Å². The molecule has 2 saturated carbocycles. The fourth-order valence-corrected chi connectivity index (χ4v) is 3.53. The molecule has 2 fully saturated rings. The predicted molar refractivity (Wildman–Crippen MR) is 83.5 cm³/mol. The fraction of sp³-hybridized carbons (Fsp3) is 0.611. The molecule has 3 heteroatoms. The van der Waals surface area contributed by atoms with Crippen molar-refractivity contribution in [1.29, 1.82) is 0 Å². The van der Waals surface area contributed by atoms with E-state index in [1.165, 1.54) is 25.7 Å². The third-order valence-electron chi connectivity index (χ3n) is 5.00. The summed E-state index contributed by atoms with van der Waals surface area (Å²) in [5.41, 5.74) is 0.720. The highest BCUT2D eigenvalue weighted by Crippen LogP contribution is 2.51. The van der Waals surface area contributed by atoms with Crippen molar-refractivity contribution in [1.82, 2.24) is 5.32 Å². The Kier molecular flexibility index (Phi) is 4.18. The van der Waals surface area contributed by atoms with Crippen LogP contribution in [0.4, 0.5) is 0 Å². The monoisotopic (exact) mass is 287 g/mol. The molecule has 0 bridgehead atoms. The van der Waals surface area contributed by atoms with Crippen LogP contribution in [0.3, 0.4) is 0 Å². The number of hydrogen-bond acceptors (Lipinski definition) is 2. The summed E-state index contributed by atoms with van der Waals surface area (Å²) in [7, 11) is 1.68. The highest BCUT2D eigenvalue weighted by atomic mass is 16.5. The van der Waals surface area contributed by atoms with E-state index in [0.29, 0.717) is 6.04 Å². The van der Waals surface area contributed by atoms with Crippen LogP contribution in [0.5, 0.6) is 5.75 Å². The van der Waals surface area contributed by atoms with Crippen LogP contribution in [0.1, 0.15) is 56.9 Å². The summed E-state index contributed by atoms with van der Waals surface area (Å²) in [4.78, 5) is 12.8. The van der Waals surface area contributed by atoms with Gasteiger partial charge in [-0.25, -0.2) is 0 Å². The summed E-state index contributed by atoms with van der Waals surface area (Å²) in [5.74, 6) is 1.05. The van der Waals surface area contributed by atoms with Crippen molar-refractivity contribution < 1.29 is 9.53 Å². The molecular formula is C18H25NO2. The van der Waals surface area contributed by atoms with Gasteiger partial charge in [0, 0.05) is 11.6 Å². The Morgan fingerprint density at radius 2 is 1.81 bits per heavy atom. The van der Waals surface area contributed by atoms with E-state index in [2.05, 4.69) is 5.32 Å². The molecule has 0 heterocycles. The van der Waals surface area contributed by atoms with Gasteiger partial charge in [-0.05, 0) is 31.7 Å². The fourth-order valence-electron chi connectivity index (χ4n) is 3.53. The molecule has 0 aromatic heterocycles. The van der Waals surface area contributed by atoms with Crippen molar-refractivity contribution >= 4 is 5.91 Å². The lowest BCUT2D eigenvalue weighted by Gasteiger charge is -2.23. The van der Waals surface area contributed by atoms with Crippen molar-refractivity contribution in [2.24, 2.45) is 0 Å². The van der Waals surface area contributed by atoms with E-state index in [9.17, 15) is 4.79 Å². The summed E-state index contributed by atoms with van der Waals surface area (Å²) < 4.78 is 5.45. The number of benzene rings is 1. The zero-order valence-electron chi connectivity index (χ0n) is 12.9. The Bertz CT molecular complexity index is 500. The molecule has 0 radical (unpaired) electrons. The first-order valence-electron chi connectivity index (χ1n) is 8.21. The lowest BCUT2D eigenvalue weighted by atomic mass is 9.93. The van der Waals surface area contributed by atoms with Crippen molar-refractivity contribution in [2.75, 3.05) is 7.11 Å². The molecule has 1 aromatic rings. The maximum Gasteiger partial charge on any atom is 0.231 e. The Morgan fingerprint density at radius 1 is 1.14 bits per heavy atom. The zero-order valence-corrected chi connectivity index (χ0v) is 12.9. The van der Waals surface area contributed by atoms with Gasteiger partial charge in [-0.15, -0.1) is 0 Å². The molecule has 0 unspecified atom stereocenters. The summed E-state index contributed by atoms with van der Waals surface area (Å²) in [6.07, 6.45) is 9.24. The van der Waals surface area contributed by atoms with Crippen LogP contribution < -0.4 is 10.1 Å². The van der Waals surface area contributed by atoms with Crippen molar-refractivity contribution in [3.63, 3.8) is 0 Å². The molecule has 0 aliphatic heterocycles. The number of nitrogens with one attached hydrogen (secondary N) is 1. The number of para-hydroxylation sites is 1. The van der Waals surface area contributed by atoms with Gasteiger partial charge in [0.1, 0.15) is 5.75 Å². The molecule has 2 aliphatic carbocycles. The van der Waals surface area contributed by atoms with Gasteiger partial charge in [0.05, 0.1) is 12.5 Å². The molecule has 1 aromatic carbocycles. The van der Waals surface area contributed by atoms with Gasteiger partial charge in [-0.2, -0.15) is 0 Å². The van der Waals surface area contributed by atoms with E-state index in [1.54, 1.807) is 7.11 Å². The maximum absolute atomic E-state index is 12.8. The lowest BCUT2D eigenvalue weighted by molar-refractivity contribution is -0.124. The number of carbonyl (C=O) groups is 1.